The minimum Gasteiger partial charge on any atom is -0.382 e. The van der Waals surface area contributed by atoms with Crippen molar-refractivity contribution in [2.24, 2.45) is 0 Å². The summed E-state index contributed by atoms with van der Waals surface area (Å²) in [6.07, 6.45) is -1.41. The van der Waals surface area contributed by atoms with Crippen molar-refractivity contribution >= 4 is 17.1 Å². The van der Waals surface area contributed by atoms with Gasteiger partial charge in [-0.1, -0.05) is 17.7 Å². The quantitative estimate of drug-likeness (QED) is 0.378. The van der Waals surface area contributed by atoms with Gasteiger partial charge in [0.2, 0.25) is 0 Å². The lowest BCUT2D eigenvalue weighted by Gasteiger charge is -2.36. The number of alkyl halides is 3. The maximum Gasteiger partial charge on any atom is 0.423 e. The first kappa shape index (κ1) is 26.2. The number of halogens is 3. The van der Waals surface area contributed by atoms with Crippen molar-refractivity contribution in [2.75, 3.05) is 49.5 Å². The first-order valence-corrected chi connectivity index (χ1v) is 12.5. The Bertz CT molecular complexity index is 1020. The molecule has 0 unspecified atom stereocenters. The lowest BCUT2D eigenvalue weighted by atomic mass is 9.92. The maximum absolute atomic E-state index is 13.2. The van der Waals surface area contributed by atoms with Crippen molar-refractivity contribution in [3.63, 3.8) is 0 Å². The average molecular weight is 507 g/mol. The third-order valence-electron chi connectivity index (χ3n) is 7.08. The minimum atomic E-state index is -4.78. The molecule has 10 heteroatoms. The van der Waals surface area contributed by atoms with Gasteiger partial charge in [-0.05, 0) is 56.9 Å². The van der Waals surface area contributed by atoms with Gasteiger partial charge >= 0.3 is 6.18 Å². The predicted molar refractivity (Wildman–Crippen MR) is 134 cm³/mol. The molecule has 2 fully saturated rings. The van der Waals surface area contributed by atoms with Crippen LogP contribution in [0, 0.1) is 17.0 Å². The van der Waals surface area contributed by atoms with E-state index in [0.29, 0.717) is 6.61 Å². The Labute approximate surface area is 209 Å². The van der Waals surface area contributed by atoms with Gasteiger partial charge in [-0.15, -0.1) is 0 Å². The number of aryl methyl sites for hydroxylation is 1. The van der Waals surface area contributed by atoms with Crippen molar-refractivity contribution in [1.29, 1.82) is 0 Å². The van der Waals surface area contributed by atoms with Crippen LogP contribution in [0.1, 0.15) is 36.8 Å². The Balaban J connectivity index is 1.16. The van der Waals surface area contributed by atoms with Crippen LogP contribution in [-0.2, 0) is 10.9 Å². The van der Waals surface area contributed by atoms with Crippen LogP contribution in [-0.4, -0.2) is 61.3 Å². The Morgan fingerprint density at radius 2 is 1.69 bits per heavy atom. The summed E-state index contributed by atoms with van der Waals surface area (Å²) >= 11 is 0. The van der Waals surface area contributed by atoms with E-state index in [1.54, 1.807) is 0 Å². The molecule has 1 aliphatic heterocycles. The topological polar surface area (TPSA) is 70.9 Å². The van der Waals surface area contributed by atoms with E-state index in [4.69, 9.17) is 4.74 Å². The smallest absolute Gasteiger partial charge is 0.382 e. The van der Waals surface area contributed by atoms with Gasteiger partial charge in [0, 0.05) is 56.2 Å². The molecule has 4 rings (SSSR count). The molecule has 0 spiro atoms. The number of anilines is 2. The van der Waals surface area contributed by atoms with E-state index in [9.17, 15) is 23.3 Å². The zero-order valence-corrected chi connectivity index (χ0v) is 20.5. The number of ether oxygens (including phenoxy) is 1. The molecule has 36 heavy (non-hydrogen) atoms. The molecule has 0 aromatic heterocycles. The molecular formula is C26H33F3N4O3. The van der Waals surface area contributed by atoms with Crippen molar-refractivity contribution in [1.82, 2.24) is 4.90 Å². The Morgan fingerprint density at radius 1 is 1.03 bits per heavy atom. The molecule has 2 aliphatic rings. The molecule has 1 saturated carbocycles. The van der Waals surface area contributed by atoms with Gasteiger partial charge in [0.1, 0.15) is 5.56 Å². The van der Waals surface area contributed by atoms with E-state index in [1.165, 1.54) is 17.3 Å². The molecule has 1 N–H and O–H groups in total. The molecule has 0 atom stereocenters. The third kappa shape index (κ3) is 6.88. The standard InChI is InChI=1S/C26H33F3N4O3/c1-19-2-7-22(8-3-19)32-14-12-31(13-15-32)16-17-36-23-9-4-20(5-10-23)30-21-6-11-25(33(34)35)24(18-21)26(27,28)29/h2-3,6-8,11,18,20,23,30H,4-5,9-10,12-17H2,1H3/t20-,23-. The van der Waals surface area contributed by atoms with Crippen molar-refractivity contribution in [3.05, 3.63) is 63.7 Å². The summed E-state index contributed by atoms with van der Waals surface area (Å²) in [4.78, 5) is 14.8. The zero-order valence-electron chi connectivity index (χ0n) is 20.5. The summed E-state index contributed by atoms with van der Waals surface area (Å²) in [5, 5.41) is 14.1. The number of hydrogen-bond acceptors (Lipinski definition) is 6. The second-order valence-electron chi connectivity index (χ2n) is 9.64. The second kappa shape index (κ2) is 11.5. The highest BCUT2D eigenvalue weighted by molar-refractivity contribution is 5.55. The van der Waals surface area contributed by atoms with Crippen molar-refractivity contribution in [2.45, 2.75) is 50.9 Å². The number of nitrogens with zero attached hydrogens (tertiary/aromatic N) is 3. The second-order valence-corrected chi connectivity index (χ2v) is 9.64. The largest absolute Gasteiger partial charge is 0.423 e. The fourth-order valence-corrected chi connectivity index (χ4v) is 4.96. The SMILES string of the molecule is Cc1ccc(N2CCN(CCO[C@H]3CC[C@H](Nc4ccc([N+](=O)[O-])c(C(F)(F)F)c4)CC3)CC2)cc1. The van der Waals surface area contributed by atoms with Gasteiger partial charge in [0.25, 0.3) is 5.69 Å². The van der Waals surface area contributed by atoms with E-state index < -0.39 is 22.4 Å². The molecule has 196 valence electrons. The number of hydrogen-bond donors (Lipinski definition) is 1. The minimum absolute atomic E-state index is 0.0160. The zero-order chi connectivity index (χ0) is 25.7. The molecule has 1 saturated heterocycles. The molecule has 1 aliphatic carbocycles. The molecule has 0 amide bonds. The van der Waals surface area contributed by atoms with Crippen molar-refractivity contribution in [3.8, 4) is 0 Å². The van der Waals surface area contributed by atoms with E-state index in [-0.39, 0.29) is 17.8 Å². The molecular weight excluding hydrogens is 473 g/mol. The molecule has 2 aromatic carbocycles. The predicted octanol–water partition coefficient (Wildman–Crippen LogP) is 5.48. The molecule has 7 nitrogen and oxygen atoms in total. The summed E-state index contributed by atoms with van der Waals surface area (Å²) in [6.45, 7) is 7.66. The Hall–Kier alpha value is -2.85. The maximum atomic E-state index is 13.2. The van der Waals surface area contributed by atoms with Gasteiger partial charge in [-0.3, -0.25) is 15.0 Å². The van der Waals surface area contributed by atoms with Gasteiger partial charge < -0.3 is 15.0 Å². The van der Waals surface area contributed by atoms with Crippen LogP contribution in [0.15, 0.2) is 42.5 Å². The lowest BCUT2D eigenvalue weighted by molar-refractivity contribution is -0.388. The van der Waals surface area contributed by atoms with Crippen LogP contribution in [0.5, 0.6) is 0 Å². The summed E-state index contributed by atoms with van der Waals surface area (Å²) in [6, 6.07) is 11.7. The number of piperazine rings is 1. The number of benzene rings is 2. The highest BCUT2D eigenvalue weighted by Crippen LogP contribution is 2.38. The van der Waals surface area contributed by atoms with Gasteiger partial charge in [0.05, 0.1) is 17.6 Å². The number of nitrogens with one attached hydrogen (secondary N) is 1. The van der Waals surface area contributed by atoms with Crippen LogP contribution < -0.4 is 10.2 Å². The molecule has 0 bridgehead atoms. The average Bonchev–Trinajstić information content (AvgIpc) is 2.85. The van der Waals surface area contributed by atoms with E-state index >= 15 is 0 Å². The molecule has 0 radical (unpaired) electrons. The van der Waals surface area contributed by atoms with Crippen LogP contribution in [0.4, 0.5) is 30.2 Å². The first-order chi connectivity index (χ1) is 17.2. The summed E-state index contributed by atoms with van der Waals surface area (Å²) in [7, 11) is 0. The molecule has 1 heterocycles. The van der Waals surface area contributed by atoms with E-state index in [2.05, 4.69) is 46.3 Å². The fourth-order valence-electron chi connectivity index (χ4n) is 4.96. The normalized spacial score (nSPS) is 21.4. The first-order valence-electron chi connectivity index (χ1n) is 12.5. The highest BCUT2D eigenvalue weighted by atomic mass is 19.4. The van der Waals surface area contributed by atoms with Gasteiger partial charge in [-0.25, -0.2) is 0 Å². The number of nitro benzene ring substituents is 1. The highest BCUT2D eigenvalue weighted by Gasteiger charge is 2.38. The number of nitro groups is 1. The third-order valence-corrected chi connectivity index (χ3v) is 7.08. The summed E-state index contributed by atoms with van der Waals surface area (Å²) < 4.78 is 45.8. The van der Waals surface area contributed by atoms with E-state index in [1.807, 2.05) is 0 Å². The van der Waals surface area contributed by atoms with E-state index in [0.717, 1.165) is 70.5 Å². The monoisotopic (exact) mass is 506 g/mol. The molecule has 2 aromatic rings. The fraction of sp³-hybridized carbons (Fsp3) is 0.538. The Kier molecular flexibility index (Phi) is 8.35. The van der Waals surface area contributed by atoms with Crippen LogP contribution in [0.25, 0.3) is 0 Å². The summed E-state index contributed by atoms with van der Waals surface area (Å²) in [5.74, 6) is 0. The van der Waals surface area contributed by atoms with Crippen LogP contribution >= 0.6 is 0 Å². The van der Waals surface area contributed by atoms with Crippen LogP contribution in [0.3, 0.4) is 0 Å². The van der Waals surface area contributed by atoms with Gasteiger partial charge in [-0.2, -0.15) is 13.2 Å². The van der Waals surface area contributed by atoms with Gasteiger partial charge in [0.15, 0.2) is 0 Å². The summed E-state index contributed by atoms with van der Waals surface area (Å²) in [5.41, 5.74) is 0.629. The number of rotatable bonds is 8. The Morgan fingerprint density at radius 3 is 2.31 bits per heavy atom. The van der Waals surface area contributed by atoms with Crippen LogP contribution in [0.2, 0.25) is 0 Å². The van der Waals surface area contributed by atoms with Crippen molar-refractivity contribution < 1.29 is 22.8 Å². The lowest BCUT2D eigenvalue weighted by Crippen LogP contribution is -2.47.